The van der Waals surface area contributed by atoms with E-state index in [0.717, 1.165) is 11.0 Å². The smallest absolute Gasteiger partial charge is 0.265 e. The Hall–Kier alpha value is -2.95. The third kappa shape index (κ3) is 2.37. The van der Waals surface area contributed by atoms with E-state index in [1.54, 1.807) is 35.8 Å². The quantitative estimate of drug-likeness (QED) is 0.790. The molecule has 3 aromatic rings. The van der Waals surface area contributed by atoms with Crippen molar-refractivity contribution in [3.63, 3.8) is 0 Å². The number of amides is 1. The van der Waals surface area contributed by atoms with E-state index in [-0.39, 0.29) is 11.8 Å². The van der Waals surface area contributed by atoms with Crippen LogP contribution in [0.1, 0.15) is 23.1 Å². The molecule has 0 unspecified atom stereocenters. The van der Waals surface area contributed by atoms with E-state index in [2.05, 4.69) is 10.3 Å². The lowest BCUT2D eigenvalue weighted by Gasteiger charge is -2.11. The number of aryl methyl sites for hydroxylation is 1. The zero-order chi connectivity index (χ0) is 15.7. The average molecular weight is 293 g/mol. The van der Waals surface area contributed by atoms with Crippen molar-refractivity contribution in [2.24, 2.45) is 0 Å². The van der Waals surface area contributed by atoms with E-state index >= 15 is 0 Å². The largest absolute Gasteiger partial charge is 0.326 e. The summed E-state index contributed by atoms with van der Waals surface area (Å²) < 4.78 is 1.57. The van der Waals surface area contributed by atoms with Crippen LogP contribution in [0.4, 0.5) is 5.69 Å². The van der Waals surface area contributed by atoms with Crippen molar-refractivity contribution < 1.29 is 9.59 Å². The minimum atomic E-state index is -0.215. The van der Waals surface area contributed by atoms with Crippen LogP contribution < -0.4 is 5.32 Å². The zero-order valence-electron chi connectivity index (χ0n) is 12.3. The monoisotopic (exact) mass is 293 g/mol. The van der Waals surface area contributed by atoms with Crippen molar-refractivity contribution in [2.75, 3.05) is 5.32 Å². The van der Waals surface area contributed by atoms with E-state index in [0.29, 0.717) is 17.1 Å². The van der Waals surface area contributed by atoms with Gasteiger partial charge in [0.15, 0.2) is 0 Å². The van der Waals surface area contributed by atoms with Crippen molar-refractivity contribution in [2.45, 2.75) is 13.8 Å². The van der Waals surface area contributed by atoms with Crippen molar-refractivity contribution in [3.05, 3.63) is 59.9 Å². The molecule has 3 rings (SSSR count). The molecule has 0 aliphatic rings. The number of carbonyl (C=O) groups excluding carboxylic acids is 2. The molecule has 1 amide bonds. The Morgan fingerprint density at radius 3 is 2.50 bits per heavy atom. The Balaban J connectivity index is 2.15. The van der Waals surface area contributed by atoms with Crippen LogP contribution in [0.5, 0.6) is 0 Å². The van der Waals surface area contributed by atoms with Crippen LogP contribution in [-0.2, 0) is 4.79 Å². The highest BCUT2D eigenvalue weighted by Gasteiger charge is 2.18. The molecule has 0 aliphatic heterocycles. The molecular formula is C17H15N3O2. The van der Waals surface area contributed by atoms with Crippen LogP contribution in [-0.4, -0.2) is 21.4 Å². The second-order valence-electron chi connectivity index (χ2n) is 5.02. The standard InChI is InChI=1S/C17H15N3O2/c1-11-18-15-9-5-6-10-16(15)20(11)17(22)13-7-3-4-8-14(13)19-12(2)21/h3-10H,1-2H3,(H,19,21). The molecule has 22 heavy (non-hydrogen) atoms. The first kappa shape index (κ1) is 14.0. The van der Waals surface area contributed by atoms with Crippen LogP contribution in [0.25, 0.3) is 11.0 Å². The predicted molar refractivity (Wildman–Crippen MR) is 84.9 cm³/mol. The van der Waals surface area contributed by atoms with Gasteiger partial charge in [-0.2, -0.15) is 0 Å². The maximum Gasteiger partial charge on any atom is 0.265 e. The van der Waals surface area contributed by atoms with Gasteiger partial charge in [0, 0.05) is 6.92 Å². The Labute approximate surface area is 127 Å². The number of aromatic nitrogens is 2. The molecule has 0 fully saturated rings. The van der Waals surface area contributed by atoms with Gasteiger partial charge in [-0.15, -0.1) is 0 Å². The first-order valence-electron chi connectivity index (χ1n) is 6.93. The predicted octanol–water partition coefficient (Wildman–Crippen LogP) is 2.99. The second-order valence-corrected chi connectivity index (χ2v) is 5.02. The van der Waals surface area contributed by atoms with E-state index in [1.807, 2.05) is 24.3 Å². The van der Waals surface area contributed by atoms with E-state index in [4.69, 9.17) is 0 Å². The highest BCUT2D eigenvalue weighted by Crippen LogP contribution is 2.21. The summed E-state index contributed by atoms with van der Waals surface area (Å²) in [6.07, 6.45) is 0. The topological polar surface area (TPSA) is 64.0 Å². The molecule has 0 saturated heterocycles. The van der Waals surface area contributed by atoms with Gasteiger partial charge in [-0.1, -0.05) is 24.3 Å². The molecule has 0 bridgehead atoms. The van der Waals surface area contributed by atoms with Gasteiger partial charge in [0.1, 0.15) is 5.82 Å². The summed E-state index contributed by atoms with van der Waals surface area (Å²) >= 11 is 0. The minimum absolute atomic E-state index is 0.212. The maximum atomic E-state index is 12.9. The van der Waals surface area contributed by atoms with Gasteiger partial charge in [0.2, 0.25) is 5.91 Å². The van der Waals surface area contributed by atoms with Crippen molar-refractivity contribution >= 4 is 28.5 Å². The molecule has 0 aliphatic carbocycles. The van der Waals surface area contributed by atoms with Gasteiger partial charge in [-0.3, -0.25) is 14.2 Å². The average Bonchev–Trinajstić information content (AvgIpc) is 2.82. The lowest BCUT2D eigenvalue weighted by Crippen LogP contribution is -2.17. The maximum absolute atomic E-state index is 12.9. The number of anilines is 1. The molecule has 1 aromatic heterocycles. The molecular weight excluding hydrogens is 278 g/mol. The second kappa shape index (κ2) is 5.44. The van der Waals surface area contributed by atoms with Crippen molar-refractivity contribution in [3.8, 4) is 0 Å². The van der Waals surface area contributed by atoms with Crippen molar-refractivity contribution in [1.82, 2.24) is 9.55 Å². The summed E-state index contributed by atoms with van der Waals surface area (Å²) in [7, 11) is 0. The number of rotatable bonds is 2. The Morgan fingerprint density at radius 2 is 1.73 bits per heavy atom. The number of para-hydroxylation sites is 3. The molecule has 110 valence electrons. The number of carbonyl (C=O) groups is 2. The van der Waals surface area contributed by atoms with Gasteiger partial charge < -0.3 is 5.32 Å². The number of nitrogens with zero attached hydrogens (tertiary/aromatic N) is 2. The minimum Gasteiger partial charge on any atom is -0.326 e. The number of nitrogens with one attached hydrogen (secondary N) is 1. The van der Waals surface area contributed by atoms with E-state index in [1.165, 1.54) is 6.92 Å². The van der Waals surface area contributed by atoms with Crippen molar-refractivity contribution in [1.29, 1.82) is 0 Å². The van der Waals surface area contributed by atoms with Gasteiger partial charge in [0.25, 0.3) is 5.91 Å². The molecule has 2 aromatic carbocycles. The first-order valence-corrected chi connectivity index (χ1v) is 6.93. The number of benzene rings is 2. The Kier molecular flexibility index (Phi) is 3.47. The third-order valence-corrected chi connectivity index (χ3v) is 3.40. The lowest BCUT2D eigenvalue weighted by atomic mass is 10.1. The highest BCUT2D eigenvalue weighted by molar-refractivity contribution is 6.07. The van der Waals surface area contributed by atoms with Crippen LogP contribution in [0, 0.1) is 6.92 Å². The fraction of sp³-hybridized carbons (Fsp3) is 0.118. The summed E-state index contributed by atoms with van der Waals surface area (Å²) in [5.41, 5.74) is 2.45. The van der Waals surface area contributed by atoms with E-state index < -0.39 is 0 Å². The lowest BCUT2D eigenvalue weighted by molar-refractivity contribution is -0.114. The van der Waals surface area contributed by atoms with E-state index in [9.17, 15) is 9.59 Å². The molecule has 0 atom stereocenters. The fourth-order valence-electron chi connectivity index (χ4n) is 2.49. The Bertz CT molecular complexity index is 880. The number of fused-ring (bicyclic) bond motifs is 1. The van der Waals surface area contributed by atoms with Gasteiger partial charge >= 0.3 is 0 Å². The zero-order valence-corrected chi connectivity index (χ0v) is 12.3. The van der Waals surface area contributed by atoms with Gasteiger partial charge in [0.05, 0.1) is 22.3 Å². The number of hydrogen-bond acceptors (Lipinski definition) is 3. The van der Waals surface area contributed by atoms with Gasteiger partial charge in [-0.05, 0) is 31.2 Å². The molecule has 1 N–H and O–H groups in total. The molecule has 5 heteroatoms. The fourth-order valence-corrected chi connectivity index (χ4v) is 2.49. The normalized spacial score (nSPS) is 10.6. The van der Waals surface area contributed by atoms with Crippen LogP contribution in [0.2, 0.25) is 0 Å². The summed E-state index contributed by atoms with van der Waals surface area (Å²) in [5, 5.41) is 2.69. The molecule has 0 saturated carbocycles. The van der Waals surface area contributed by atoms with Crippen LogP contribution in [0.3, 0.4) is 0 Å². The molecule has 5 nitrogen and oxygen atoms in total. The third-order valence-electron chi connectivity index (χ3n) is 3.40. The number of hydrogen-bond donors (Lipinski definition) is 1. The highest BCUT2D eigenvalue weighted by atomic mass is 16.2. The molecule has 1 heterocycles. The summed E-state index contributed by atoms with van der Waals surface area (Å²) in [4.78, 5) is 28.6. The molecule has 0 spiro atoms. The molecule has 0 radical (unpaired) electrons. The van der Waals surface area contributed by atoms with Crippen LogP contribution in [0.15, 0.2) is 48.5 Å². The first-order chi connectivity index (χ1) is 10.6. The number of imidazole rings is 1. The summed E-state index contributed by atoms with van der Waals surface area (Å²) in [6.45, 7) is 3.21. The summed E-state index contributed by atoms with van der Waals surface area (Å²) in [5.74, 6) is 0.187. The van der Waals surface area contributed by atoms with Crippen LogP contribution >= 0.6 is 0 Å². The summed E-state index contributed by atoms with van der Waals surface area (Å²) in [6, 6.07) is 14.4. The van der Waals surface area contributed by atoms with Gasteiger partial charge in [-0.25, -0.2) is 4.98 Å². The SMILES string of the molecule is CC(=O)Nc1ccccc1C(=O)n1c(C)nc2ccccc21. The Morgan fingerprint density at radius 1 is 1.05 bits per heavy atom.